The number of aryl methyl sites for hydroxylation is 2. The van der Waals surface area contributed by atoms with Gasteiger partial charge in [-0.2, -0.15) is 0 Å². The third-order valence-corrected chi connectivity index (χ3v) is 4.34. The summed E-state index contributed by atoms with van der Waals surface area (Å²) in [5.41, 5.74) is 9.94. The Bertz CT molecular complexity index is 424. The van der Waals surface area contributed by atoms with Crippen molar-refractivity contribution in [3.05, 3.63) is 27.2 Å². The highest BCUT2D eigenvalue weighted by Crippen LogP contribution is 2.42. The number of hydrogen-bond acceptors (Lipinski definition) is 2. The molecular weight excluding hydrogens is 266 g/mol. The van der Waals surface area contributed by atoms with E-state index in [1.807, 2.05) is 0 Å². The van der Waals surface area contributed by atoms with E-state index in [0.29, 0.717) is 0 Å². The van der Waals surface area contributed by atoms with Crippen LogP contribution in [0, 0.1) is 13.8 Å². The topological polar surface area (TPSA) is 35.2 Å². The van der Waals surface area contributed by atoms with Gasteiger partial charge in [0.25, 0.3) is 0 Å². The summed E-state index contributed by atoms with van der Waals surface area (Å²) >= 11 is 3.59. The van der Waals surface area contributed by atoms with Crippen LogP contribution >= 0.6 is 15.9 Å². The van der Waals surface area contributed by atoms with Crippen LogP contribution in [0.15, 0.2) is 10.5 Å². The second kappa shape index (κ2) is 4.04. The molecule has 0 spiro atoms. The van der Waals surface area contributed by atoms with Gasteiger partial charge in [0.05, 0.1) is 11.6 Å². The van der Waals surface area contributed by atoms with Crippen molar-refractivity contribution in [1.29, 1.82) is 0 Å². The van der Waals surface area contributed by atoms with Gasteiger partial charge in [-0.25, -0.2) is 0 Å². The molecule has 1 aliphatic carbocycles. The maximum absolute atomic E-state index is 6.19. The zero-order valence-corrected chi connectivity index (χ0v) is 11.6. The van der Waals surface area contributed by atoms with E-state index in [1.165, 1.54) is 16.7 Å². The molecule has 0 atom stereocenters. The zero-order valence-electron chi connectivity index (χ0n) is 10.1. The van der Waals surface area contributed by atoms with Crippen molar-refractivity contribution in [3.63, 3.8) is 0 Å². The van der Waals surface area contributed by atoms with Gasteiger partial charge >= 0.3 is 0 Å². The molecule has 0 aromatic heterocycles. The van der Waals surface area contributed by atoms with E-state index in [-0.39, 0.29) is 5.54 Å². The van der Waals surface area contributed by atoms with Crippen LogP contribution < -0.4 is 10.5 Å². The largest absolute Gasteiger partial charge is 0.495 e. The summed E-state index contributed by atoms with van der Waals surface area (Å²) in [7, 11) is 1.72. The summed E-state index contributed by atoms with van der Waals surface area (Å²) in [6, 6.07) is 2.19. The molecule has 2 rings (SSSR count). The van der Waals surface area contributed by atoms with Crippen molar-refractivity contribution >= 4 is 15.9 Å². The Hall–Kier alpha value is -0.540. The summed E-state index contributed by atoms with van der Waals surface area (Å²) in [6.07, 6.45) is 3.17. The van der Waals surface area contributed by atoms with Gasteiger partial charge in [0.2, 0.25) is 0 Å². The first-order chi connectivity index (χ1) is 7.47. The lowest BCUT2D eigenvalue weighted by molar-refractivity contribution is 0.403. The van der Waals surface area contributed by atoms with Gasteiger partial charge in [0.15, 0.2) is 0 Å². The van der Waals surface area contributed by atoms with Gasteiger partial charge in [-0.05, 0) is 60.2 Å². The number of ether oxygens (including phenoxy) is 1. The molecule has 1 aromatic rings. The Morgan fingerprint density at radius 2 is 2.00 bits per heavy atom. The predicted molar refractivity (Wildman–Crippen MR) is 70.0 cm³/mol. The Balaban J connectivity index is 2.45. The number of hydrogen-bond donors (Lipinski definition) is 1. The number of nitrogens with two attached hydrogens (primary N) is 1. The highest BCUT2D eigenvalue weighted by molar-refractivity contribution is 9.10. The molecule has 0 aliphatic heterocycles. The highest BCUT2D eigenvalue weighted by atomic mass is 79.9. The van der Waals surface area contributed by atoms with Gasteiger partial charge in [-0.3, -0.25) is 0 Å². The standard InChI is InChI=1S/C13H18BrNO/c1-8-6-9(2)11(14)12(16-3)10(8)7-13(15)4-5-13/h6H,4-5,7,15H2,1-3H3. The Morgan fingerprint density at radius 3 is 2.50 bits per heavy atom. The molecule has 1 aliphatic rings. The van der Waals surface area contributed by atoms with E-state index in [0.717, 1.165) is 29.5 Å². The molecule has 1 aromatic carbocycles. The van der Waals surface area contributed by atoms with Crippen molar-refractivity contribution in [2.24, 2.45) is 5.73 Å². The first-order valence-electron chi connectivity index (χ1n) is 5.58. The van der Waals surface area contributed by atoms with Crippen LogP contribution in [-0.2, 0) is 6.42 Å². The van der Waals surface area contributed by atoms with E-state index in [2.05, 4.69) is 35.8 Å². The van der Waals surface area contributed by atoms with Crippen molar-refractivity contribution in [1.82, 2.24) is 0 Å². The highest BCUT2D eigenvalue weighted by Gasteiger charge is 2.39. The molecule has 88 valence electrons. The molecule has 0 radical (unpaired) electrons. The second-order valence-corrected chi connectivity index (χ2v) is 5.67. The van der Waals surface area contributed by atoms with Gasteiger partial charge in [0.1, 0.15) is 5.75 Å². The fourth-order valence-electron chi connectivity index (χ4n) is 2.09. The van der Waals surface area contributed by atoms with Gasteiger partial charge in [-0.15, -0.1) is 0 Å². The molecule has 0 bridgehead atoms. The number of rotatable bonds is 3. The monoisotopic (exact) mass is 283 g/mol. The molecule has 3 heteroatoms. The average Bonchev–Trinajstić information content (AvgIpc) is 2.94. The van der Waals surface area contributed by atoms with Gasteiger partial charge in [-0.1, -0.05) is 6.07 Å². The fourth-order valence-corrected chi connectivity index (χ4v) is 2.60. The smallest absolute Gasteiger partial charge is 0.136 e. The van der Waals surface area contributed by atoms with Gasteiger partial charge < -0.3 is 10.5 Å². The zero-order chi connectivity index (χ0) is 11.9. The molecule has 1 saturated carbocycles. The SMILES string of the molecule is COc1c(Br)c(C)cc(C)c1CC1(N)CC1. The van der Waals surface area contributed by atoms with Crippen LogP contribution in [0.2, 0.25) is 0 Å². The summed E-state index contributed by atoms with van der Waals surface area (Å²) in [4.78, 5) is 0. The Morgan fingerprint density at radius 1 is 1.38 bits per heavy atom. The molecule has 2 N–H and O–H groups in total. The molecular formula is C13H18BrNO. The number of halogens is 1. The molecule has 0 heterocycles. The van der Waals surface area contributed by atoms with E-state index >= 15 is 0 Å². The van der Waals surface area contributed by atoms with E-state index in [4.69, 9.17) is 10.5 Å². The van der Waals surface area contributed by atoms with Crippen molar-refractivity contribution in [2.75, 3.05) is 7.11 Å². The molecule has 2 nitrogen and oxygen atoms in total. The Labute approximate surface area is 105 Å². The van der Waals surface area contributed by atoms with Crippen molar-refractivity contribution < 1.29 is 4.74 Å². The Kier molecular flexibility index (Phi) is 3.01. The first-order valence-corrected chi connectivity index (χ1v) is 6.37. The van der Waals surface area contributed by atoms with Gasteiger partial charge in [0, 0.05) is 11.1 Å². The third kappa shape index (κ3) is 2.11. The van der Waals surface area contributed by atoms with Crippen LogP contribution in [0.25, 0.3) is 0 Å². The van der Waals surface area contributed by atoms with Crippen LogP contribution in [0.4, 0.5) is 0 Å². The minimum atomic E-state index is 0.0206. The summed E-state index contributed by atoms with van der Waals surface area (Å²) in [6.45, 7) is 4.21. The minimum absolute atomic E-state index is 0.0206. The van der Waals surface area contributed by atoms with Crippen LogP contribution in [0.1, 0.15) is 29.5 Å². The molecule has 1 fully saturated rings. The lowest BCUT2D eigenvalue weighted by Crippen LogP contribution is -2.25. The van der Waals surface area contributed by atoms with Crippen molar-refractivity contribution in [3.8, 4) is 5.75 Å². The summed E-state index contributed by atoms with van der Waals surface area (Å²) in [5, 5.41) is 0. The van der Waals surface area contributed by atoms with Crippen LogP contribution in [0.5, 0.6) is 5.75 Å². The van der Waals surface area contributed by atoms with Crippen LogP contribution in [0.3, 0.4) is 0 Å². The summed E-state index contributed by atoms with van der Waals surface area (Å²) in [5.74, 6) is 0.953. The maximum Gasteiger partial charge on any atom is 0.136 e. The molecule has 0 unspecified atom stereocenters. The normalized spacial score (nSPS) is 17.3. The quantitative estimate of drug-likeness (QED) is 0.925. The average molecular weight is 284 g/mol. The molecule has 0 saturated heterocycles. The first kappa shape index (κ1) is 11.9. The second-order valence-electron chi connectivity index (χ2n) is 4.88. The number of benzene rings is 1. The van der Waals surface area contributed by atoms with Crippen LogP contribution in [-0.4, -0.2) is 12.6 Å². The third-order valence-electron chi connectivity index (χ3n) is 3.35. The fraction of sp³-hybridized carbons (Fsp3) is 0.538. The molecule has 16 heavy (non-hydrogen) atoms. The van der Waals surface area contributed by atoms with E-state index in [1.54, 1.807) is 7.11 Å². The predicted octanol–water partition coefficient (Wildman–Crippen LogP) is 3.11. The van der Waals surface area contributed by atoms with E-state index < -0.39 is 0 Å². The lowest BCUT2D eigenvalue weighted by Gasteiger charge is -2.18. The molecule has 0 amide bonds. The maximum atomic E-state index is 6.19. The van der Waals surface area contributed by atoms with E-state index in [9.17, 15) is 0 Å². The number of methoxy groups -OCH3 is 1. The lowest BCUT2D eigenvalue weighted by atomic mass is 9.97. The van der Waals surface area contributed by atoms with Crippen molar-refractivity contribution in [2.45, 2.75) is 38.6 Å². The summed E-state index contributed by atoms with van der Waals surface area (Å²) < 4.78 is 6.56. The minimum Gasteiger partial charge on any atom is -0.495 e.